The lowest BCUT2D eigenvalue weighted by Gasteiger charge is -2.13. The highest BCUT2D eigenvalue weighted by Crippen LogP contribution is 2.27. The van der Waals surface area contributed by atoms with Gasteiger partial charge in [-0.2, -0.15) is 0 Å². The second-order valence-corrected chi connectivity index (χ2v) is 7.67. The Bertz CT molecular complexity index is 623. The number of nitrogens with two attached hydrogens (primary N) is 1. The van der Waals surface area contributed by atoms with Gasteiger partial charge in [-0.15, -0.1) is 12.4 Å². The van der Waals surface area contributed by atoms with Gasteiger partial charge < -0.3 is 15.8 Å². The third kappa shape index (κ3) is 8.41. The molecule has 0 aliphatic carbocycles. The fourth-order valence-electron chi connectivity index (χ4n) is 1.61. The van der Waals surface area contributed by atoms with Crippen molar-refractivity contribution in [1.82, 2.24) is 0 Å². The van der Waals surface area contributed by atoms with E-state index in [2.05, 4.69) is 5.32 Å². The number of benzene rings is 1. The van der Waals surface area contributed by atoms with E-state index >= 15 is 0 Å². The first-order valence-corrected chi connectivity index (χ1v) is 9.33. The topological polar surface area (TPSA) is 98.5 Å². The summed E-state index contributed by atoms with van der Waals surface area (Å²) in [6, 6.07) is 3.98. The fourth-order valence-corrected chi connectivity index (χ4v) is 2.53. The molecular weight excluding hydrogens is 363 g/mol. The van der Waals surface area contributed by atoms with E-state index in [9.17, 15) is 13.2 Å². The van der Waals surface area contributed by atoms with E-state index < -0.39 is 21.8 Å². The Morgan fingerprint density at radius 2 is 2.09 bits per heavy atom. The van der Waals surface area contributed by atoms with E-state index in [0.29, 0.717) is 23.1 Å². The number of ether oxygens (including phenoxy) is 1. The minimum Gasteiger partial charge on any atom is -0.492 e. The first kappa shape index (κ1) is 22.0. The molecule has 9 heteroatoms. The molecule has 6 nitrogen and oxygen atoms in total. The van der Waals surface area contributed by atoms with Gasteiger partial charge in [0.25, 0.3) is 0 Å². The molecule has 0 bridgehead atoms. The van der Waals surface area contributed by atoms with Gasteiger partial charge in [0.15, 0.2) is 0 Å². The Morgan fingerprint density at radius 1 is 1.43 bits per heavy atom. The van der Waals surface area contributed by atoms with Gasteiger partial charge >= 0.3 is 0 Å². The molecular formula is C14H22Cl2N2O4S. The van der Waals surface area contributed by atoms with Gasteiger partial charge in [-0.1, -0.05) is 18.5 Å². The van der Waals surface area contributed by atoms with E-state index in [-0.39, 0.29) is 24.6 Å². The molecule has 1 aromatic rings. The number of nitrogens with one attached hydrogen (secondary N) is 1. The predicted molar refractivity (Wildman–Crippen MR) is 95.4 cm³/mol. The molecule has 23 heavy (non-hydrogen) atoms. The largest absolute Gasteiger partial charge is 0.492 e. The van der Waals surface area contributed by atoms with Crippen LogP contribution in [0.5, 0.6) is 5.75 Å². The van der Waals surface area contributed by atoms with Gasteiger partial charge in [-0.3, -0.25) is 4.79 Å². The van der Waals surface area contributed by atoms with E-state index in [1.54, 1.807) is 18.2 Å². The first-order chi connectivity index (χ1) is 10.2. The molecule has 1 aromatic carbocycles. The lowest BCUT2D eigenvalue weighted by molar-refractivity contribution is -0.117. The van der Waals surface area contributed by atoms with E-state index in [0.717, 1.165) is 12.7 Å². The summed E-state index contributed by atoms with van der Waals surface area (Å²) >= 11 is 6.06. The summed E-state index contributed by atoms with van der Waals surface area (Å²) in [7, 11) is -3.14. The SMILES string of the molecule is CCCOc1ccc(NC(=O)C(N)CCS(C)(=O)=O)cc1Cl.Cl. The lowest BCUT2D eigenvalue weighted by atomic mass is 10.2. The van der Waals surface area contributed by atoms with Crippen LogP contribution >= 0.6 is 24.0 Å². The maximum atomic E-state index is 11.9. The van der Waals surface area contributed by atoms with Crippen molar-refractivity contribution in [1.29, 1.82) is 0 Å². The summed E-state index contributed by atoms with van der Waals surface area (Å²) in [6.45, 7) is 2.54. The average Bonchev–Trinajstić information content (AvgIpc) is 2.43. The maximum absolute atomic E-state index is 11.9. The van der Waals surface area contributed by atoms with Crippen LogP contribution in [0.2, 0.25) is 5.02 Å². The molecule has 0 saturated carbocycles. The molecule has 0 aromatic heterocycles. The Balaban J connectivity index is 0.00000484. The number of hydrogen-bond donors (Lipinski definition) is 2. The standard InChI is InChI=1S/C14H21ClN2O4S.ClH/c1-3-7-21-13-5-4-10(9-11(13)15)17-14(18)12(16)6-8-22(2,19)20;/h4-5,9,12H,3,6-8,16H2,1-2H3,(H,17,18);1H. The van der Waals surface area contributed by atoms with Gasteiger partial charge in [0, 0.05) is 11.9 Å². The molecule has 0 aliphatic heterocycles. The number of hydrogen-bond acceptors (Lipinski definition) is 5. The number of rotatable bonds is 8. The molecule has 0 fully saturated rings. The van der Waals surface area contributed by atoms with Crippen LogP contribution in [-0.2, 0) is 14.6 Å². The molecule has 0 spiro atoms. The molecule has 1 unspecified atom stereocenters. The van der Waals surface area contributed by atoms with Crippen LogP contribution < -0.4 is 15.8 Å². The van der Waals surface area contributed by atoms with Gasteiger partial charge in [-0.05, 0) is 31.0 Å². The first-order valence-electron chi connectivity index (χ1n) is 6.89. The van der Waals surface area contributed by atoms with Crippen LogP contribution in [-0.4, -0.2) is 39.0 Å². The number of carbonyl (C=O) groups excluding carboxylic acids is 1. The van der Waals surface area contributed by atoms with Crippen LogP contribution in [0.15, 0.2) is 18.2 Å². The van der Waals surface area contributed by atoms with Crippen LogP contribution in [0.25, 0.3) is 0 Å². The second kappa shape index (κ2) is 9.97. The Kier molecular flexibility index (Phi) is 9.53. The molecule has 3 N–H and O–H groups in total. The molecule has 0 heterocycles. The summed E-state index contributed by atoms with van der Waals surface area (Å²) in [6.07, 6.45) is 2.03. The van der Waals surface area contributed by atoms with E-state index in [1.165, 1.54) is 0 Å². The lowest BCUT2D eigenvalue weighted by Crippen LogP contribution is -2.37. The van der Waals surface area contributed by atoms with Crippen LogP contribution in [0.4, 0.5) is 5.69 Å². The smallest absolute Gasteiger partial charge is 0.241 e. The number of sulfone groups is 1. The van der Waals surface area contributed by atoms with Crippen molar-refractivity contribution in [2.45, 2.75) is 25.8 Å². The fraction of sp³-hybridized carbons (Fsp3) is 0.500. The summed E-state index contributed by atoms with van der Waals surface area (Å²) < 4.78 is 27.6. The highest BCUT2D eigenvalue weighted by Gasteiger charge is 2.16. The van der Waals surface area contributed by atoms with Crippen LogP contribution in [0.3, 0.4) is 0 Å². The Labute approximate surface area is 148 Å². The zero-order valence-electron chi connectivity index (χ0n) is 13.0. The zero-order valence-corrected chi connectivity index (χ0v) is 15.4. The summed E-state index contributed by atoms with van der Waals surface area (Å²) in [4.78, 5) is 11.9. The Morgan fingerprint density at radius 3 is 2.61 bits per heavy atom. The van der Waals surface area contributed by atoms with E-state index in [4.69, 9.17) is 22.1 Å². The third-order valence-corrected chi connectivity index (χ3v) is 4.07. The number of anilines is 1. The molecule has 132 valence electrons. The number of carbonyl (C=O) groups is 1. The van der Waals surface area contributed by atoms with Crippen LogP contribution in [0, 0.1) is 0 Å². The molecule has 1 amide bonds. The average molecular weight is 385 g/mol. The highest BCUT2D eigenvalue weighted by molar-refractivity contribution is 7.90. The van der Waals surface area contributed by atoms with E-state index in [1.807, 2.05) is 6.92 Å². The van der Waals surface area contributed by atoms with Gasteiger partial charge in [-0.25, -0.2) is 8.42 Å². The van der Waals surface area contributed by atoms with Crippen molar-refractivity contribution in [2.24, 2.45) is 5.73 Å². The van der Waals surface area contributed by atoms with Crippen molar-refractivity contribution in [3.05, 3.63) is 23.2 Å². The quantitative estimate of drug-likeness (QED) is 0.715. The minimum absolute atomic E-state index is 0. The molecule has 0 saturated heterocycles. The normalized spacial score (nSPS) is 12.2. The summed E-state index contributed by atoms with van der Waals surface area (Å²) in [5.74, 6) is -0.0450. The van der Waals surface area contributed by atoms with Crippen molar-refractivity contribution in [3.63, 3.8) is 0 Å². The van der Waals surface area contributed by atoms with Crippen LogP contribution in [0.1, 0.15) is 19.8 Å². The van der Waals surface area contributed by atoms with Crippen molar-refractivity contribution >= 4 is 45.4 Å². The zero-order chi connectivity index (χ0) is 16.8. The number of halogens is 2. The monoisotopic (exact) mass is 384 g/mol. The maximum Gasteiger partial charge on any atom is 0.241 e. The summed E-state index contributed by atoms with van der Waals surface area (Å²) in [5.41, 5.74) is 6.15. The second-order valence-electron chi connectivity index (χ2n) is 5.01. The van der Waals surface area contributed by atoms with Gasteiger partial charge in [0.05, 0.1) is 23.4 Å². The molecule has 0 radical (unpaired) electrons. The third-order valence-electron chi connectivity index (χ3n) is 2.80. The minimum atomic E-state index is -3.14. The van der Waals surface area contributed by atoms with Crippen molar-refractivity contribution in [3.8, 4) is 5.75 Å². The molecule has 1 atom stereocenters. The van der Waals surface area contributed by atoms with Crippen molar-refractivity contribution in [2.75, 3.05) is 23.9 Å². The predicted octanol–water partition coefficient (Wildman–Crippen LogP) is 2.25. The van der Waals surface area contributed by atoms with Gasteiger partial charge in [0.2, 0.25) is 5.91 Å². The van der Waals surface area contributed by atoms with Crippen molar-refractivity contribution < 1.29 is 17.9 Å². The molecule has 0 aliphatic rings. The summed E-state index contributed by atoms with van der Waals surface area (Å²) in [5, 5.41) is 2.99. The molecule has 1 rings (SSSR count). The van der Waals surface area contributed by atoms with Gasteiger partial charge in [0.1, 0.15) is 15.6 Å². The Hall–Kier alpha value is -1.02. The highest BCUT2D eigenvalue weighted by atomic mass is 35.5. The number of amides is 1.